The summed E-state index contributed by atoms with van der Waals surface area (Å²) in [4.78, 5) is 22.3. The predicted octanol–water partition coefficient (Wildman–Crippen LogP) is 1.54. The molecule has 0 aliphatic heterocycles. The van der Waals surface area contributed by atoms with Gasteiger partial charge in [-0.15, -0.1) is 0 Å². The number of amides is 1. The molecule has 5 nitrogen and oxygen atoms in total. The molecule has 0 spiro atoms. The summed E-state index contributed by atoms with van der Waals surface area (Å²) in [5.74, 6) is -1.20. The van der Waals surface area contributed by atoms with E-state index in [9.17, 15) is 9.59 Å². The first-order chi connectivity index (χ1) is 8.02. The molecular weight excluding hydrogens is 335 g/mol. The number of benzene rings is 1. The molecule has 0 aromatic heterocycles. The minimum atomic E-state index is -1.01. The van der Waals surface area contributed by atoms with Crippen molar-refractivity contribution in [2.75, 3.05) is 18.4 Å². The Morgan fingerprint density at radius 1 is 1.35 bits per heavy atom. The minimum absolute atomic E-state index is 0.163. The Morgan fingerprint density at radius 3 is 2.65 bits per heavy atom. The van der Waals surface area contributed by atoms with E-state index in [1.165, 1.54) is 6.07 Å². The zero-order chi connectivity index (χ0) is 12.8. The van der Waals surface area contributed by atoms with E-state index in [1.54, 1.807) is 12.1 Å². The van der Waals surface area contributed by atoms with Crippen molar-refractivity contribution in [2.45, 2.75) is 6.92 Å². The number of carboxylic acid groups (broad SMARTS) is 1. The highest BCUT2D eigenvalue weighted by molar-refractivity contribution is 14.1. The molecule has 0 saturated carbocycles. The average molecular weight is 348 g/mol. The van der Waals surface area contributed by atoms with Gasteiger partial charge in [-0.1, -0.05) is 6.92 Å². The first-order valence-corrected chi connectivity index (χ1v) is 6.15. The number of hydrogen-bond donors (Lipinski definition) is 3. The van der Waals surface area contributed by atoms with E-state index in [0.29, 0.717) is 12.2 Å². The number of nitrogens with one attached hydrogen (secondary N) is 2. The predicted molar refractivity (Wildman–Crippen MR) is 73.3 cm³/mol. The SMILES string of the molecule is CCNCC(=O)Nc1cc(I)cc(C(=O)O)c1. The zero-order valence-electron chi connectivity index (χ0n) is 9.29. The molecule has 17 heavy (non-hydrogen) atoms. The topological polar surface area (TPSA) is 78.4 Å². The summed E-state index contributed by atoms with van der Waals surface area (Å²) < 4.78 is 0.765. The van der Waals surface area contributed by atoms with Crippen molar-refractivity contribution < 1.29 is 14.7 Å². The van der Waals surface area contributed by atoms with Crippen molar-refractivity contribution in [1.29, 1.82) is 0 Å². The lowest BCUT2D eigenvalue weighted by atomic mass is 10.2. The Balaban J connectivity index is 2.77. The highest BCUT2D eigenvalue weighted by atomic mass is 127. The molecule has 0 fully saturated rings. The maximum atomic E-state index is 11.4. The number of likely N-dealkylation sites (N-methyl/N-ethyl adjacent to an activating group) is 1. The highest BCUT2D eigenvalue weighted by Crippen LogP contribution is 2.16. The van der Waals surface area contributed by atoms with E-state index in [-0.39, 0.29) is 18.0 Å². The van der Waals surface area contributed by atoms with E-state index >= 15 is 0 Å². The van der Waals surface area contributed by atoms with Crippen molar-refractivity contribution >= 4 is 40.2 Å². The second-order valence-corrected chi connectivity index (χ2v) is 4.61. The molecule has 0 heterocycles. The van der Waals surface area contributed by atoms with E-state index in [2.05, 4.69) is 10.6 Å². The molecule has 1 aromatic carbocycles. The standard InChI is InChI=1S/C11H13IN2O3/c1-2-13-6-10(15)14-9-4-7(11(16)17)3-8(12)5-9/h3-5,13H,2,6H2,1H3,(H,14,15)(H,16,17). The number of carbonyl (C=O) groups excluding carboxylic acids is 1. The van der Waals surface area contributed by atoms with Crippen LogP contribution in [0.25, 0.3) is 0 Å². The van der Waals surface area contributed by atoms with Gasteiger partial charge in [0.2, 0.25) is 5.91 Å². The van der Waals surface area contributed by atoms with Crippen LogP contribution in [0.2, 0.25) is 0 Å². The van der Waals surface area contributed by atoms with Gasteiger partial charge in [-0.25, -0.2) is 4.79 Å². The summed E-state index contributed by atoms with van der Waals surface area (Å²) in [6.45, 7) is 2.83. The molecule has 0 unspecified atom stereocenters. The number of aromatic carboxylic acids is 1. The zero-order valence-corrected chi connectivity index (χ0v) is 11.4. The highest BCUT2D eigenvalue weighted by Gasteiger charge is 2.08. The van der Waals surface area contributed by atoms with Crippen molar-refractivity contribution in [3.63, 3.8) is 0 Å². The monoisotopic (exact) mass is 348 g/mol. The Hall–Kier alpha value is -1.15. The minimum Gasteiger partial charge on any atom is -0.478 e. The van der Waals surface area contributed by atoms with Gasteiger partial charge in [-0.3, -0.25) is 4.79 Å². The summed E-state index contributed by atoms with van der Waals surface area (Å²) >= 11 is 2.01. The number of carbonyl (C=O) groups is 2. The number of anilines is 1. The summed E-state index contributed by atoms with van der Waals surface area (Å²) in [6, 6.07) is 4.70. The Labute approximate surface area is 113 Å². The summed E-state index contributed by atoms with van der Waals surface area (Å²) in [5, 5.41) is 14.4. The van der Waals surface area contributed by atoms with Gasteiger partial charge in [0.05, 0.1) is 12.1 Å². The third-order valence-corrected chi connectivity index (χ3v) is 2.59. The van der Waals surface area contributed by atoms with Crippen LogP contribution in [0.3, 0.4) is 0 Å². The fourth-order valence-corrected chi connectivity index (χ4v) is 1.90. The van der Waals surface area contributed by atoms with Crippen LogP contribution in [0.15, 0.2) is 18.2 Å². The Kier molecular flexibility index (Phi) is 5.36. The van der Waals surface area contributed by atoms with E-state index < -0.39 is 5.97 Å². The van der Waals surface area contributed by atoms with Gasteiger partial charge in [-0.2, -0.15) is 0 Å². The van der Waals surface area contributed by atoms with Crippen LogP contribution in [0.1, 0.15) is 17.3 Å². The van der Waals surface area contributed by atoms with Crippen LogP contribution in [0, 0.1) is 3.57 Å². The molecule has 1 rings (SSSR count). The Bertz CT molecular complexity index is 435. The van der Waals surface area contributed by atoms with Crippen molar-refractivity contribution in [2.24, 2.45) is 0 Å². The van der Waals surface area contributed by atoms with Crippen LogP contribution >= 0.6 is 22.6 Å². The van der Waals surface area contributed by atoms with Crippen molar-refractivity contribution in [3.05, 3.63) is 27.3 Å². The molecule has 1 amide bonds. The van der Waals surface area contributed by atoms with Gasteiger partial charge < -0.3 is 15.7 Å². The lowest BCUT2D eigenvalue weighted by Gasteiger charge is -2.07. The van der Waals surface area contributed by atoms with Gasteiger partial charge in [0.25, 0.3) is 0 Å². The van der Waals surface area contributed by atoms with Crippen LogP contribution in [-0.2, 0) is 4.79 Å². The second-order valence-electron chi connectivity index (χ2n) is 3.36. The molecule has 6 heteroatoms. The first-order valence-electron chi connectivity index (χ1n) is 5.07. The summed E-state index contributed by atoms with van der Waals surface area (Å²) in [6.07, 6.45) is 0. The van der Waals surface area contributed by atoms with Crippen LogP contribution in [-0.4, -0.2) is 30.1 Å². The molecule has 92 valence electrons. The van der Waals surface area contributed by atoms with Crippen LogP contribution in [0.4, 0.5) is 5.69 Å². The largest absolute Gasteiger partial charge is 0.478 e. The van der Waals surface area contributed by atoms with Gasteiger partial charge in [0.15, 0.2) is 0 Å². The maximum absolute atomic E-state index is 11.4. The lowest BCUT2D eigenvalue weighted by molar-refractivity contribution is -0.115. The van der Waals surface area contributed by atoms with Gasteiger partial charge in [-0.05, 0) is 47.3 Å². The molecule has 3 N–H and O–H groups in total. The number of rotatable bonds is 5. The lowest BCUT2D eigenvalue weighted by Crippen LogP contribution is -2.27. The van der Waals surface area contributed by atoms with Crippen LogP contribution in [0.5, 0.6) is 0 Å². The molecule has 0 bridgehead atoms. The van der Waals surface area contributed by atoms with Crippen LogP contribution < -0.4 is 10.6 Å². The molecule has 1 aromatic rings. The van der Waals surface area contributed by atoms with Crippen molar-refractivity contribution in [3.8, 4) is 0 Å². The molecule has 0 aliphatic carbocycles. The molecular formula is C11H13IN2O3. The second kappa shape index (κ2) is 6.55. The summed E-state index contributed by atoms with van der Waals surface area (Å²) in [7, 11) is 0. The van der Waals surface area contributed by atoms with Gasteiger partial charge in [0.1, 0.15) is 0 Å². The van der Waals surface area contributed by atoms with E-state index in [1.807, 2.05) is 29.5 Å². The van der Waals surface area contributed by atoms with Gasteiger partial charge in [0, 0.05) is 9.26 Å². The van der Waals surface area contributed by atoms with Crippen molar-refractivity contribution in [1.82, 2.24) is 5.32 Å². The molecule has 0 atom stereocenters. The molecule has 0 saturated heterocycles. The number of carboxylic acids is 1. The number of hydrogen-bond acceptors (Lipinski definition) is 3. The number of halogens is 1. The van der Waals surface area contributed by atoms with E-state index in [0.717, 1.165) is 3.57 Å². The third kappa shape index (κ3) is 4.70. The maximum Gasteiger partial charge on any atom is 0.335 e. The smallest absolute Gasteiger partial charge is 0.335 e. The molecule has 0 aliphatic rings. The normalized spacial score (nSPS) is 10.0. The molecule has 0 radical (unpaired) electrons. The fraction of sp³-hybridized carbons (Fsp3) is 0.273. The van der Waals surface area contributed by atoms with Gasteiger partial charge >= 0.3 is 5.97 Å². The van der Waals surface area contributed by atoms with E-state index in [4.69, 9.17) is 5.11 Å². The Morgan fingerprint density at radius 2 is 2.06 bits per heavy atom. The first kappa shape index (κ1) is 13.9. The third-order valence-electron chi connectivity index (χ3n) is 1.96. The quantitative estimate of drug-likeness (QED) is 0.706. The summed E-state index contributed by atoms with van der Waals surface area (Å²) in [5.41, 5.74) is 0.660. The average Bonchev–Trinajstić information content (AvgIpc) is 2.25. The fourth-order valence-electron chi connectivity index (χ4n) is 1.23.